The van der Waals surface area contributed by atoms with Gasteiger partial charge in [-0.2, -0.15) is 0 Å². The molecule has 0 spiro atoms. The summed E-state index contributed by atoms with van der Waals surface area (Å²) in [4.78, 5) is 56.4. The van der Waals surface area contributed by atoms with Gasteiger partial charge in [-0.15, -0.1) is 0 Å². The molecule has 0 saturated carbocycles. The second-order valence-electron chi connectivity index (χ2n) is 8.05. The number of guanidine groups is 2. The molecule has 0 bridgehead atoms. The molecule has 200 valence electrons. The van der Waals surface area contributed by atoms with E-state index in [1.165, 1.54) is 0 Å². The summed E-state index contributed by atoms with van der Waals surface area (Å²) in [6.07, 6.45) is 1.50. The van der Waals surface area contributed by atoms with Crippen LogP contribution in [0.15, 0.2) is 9.98 Å². The molecule has 0 aliphatic heterocycles. The van der Waals surface area contributed by atoms with Crippen LogP contribution in [0.1, 0.15) is 46.0 Å². The second-order valence-corrected chi connectivity index (χ2v) is 8.05. The molecule has 0 rings (SSSR count). The highest BCUT2D eigenvalue weighted by molar-refractivity contribution is 5.92. The molecule has 0 fully saturated rings. The summed E-state index contributed by atoms with van der Waals surface area (Å²) in [6, 6.07) is -3.08. The molecule has 0 saturated heterocycles. The Bertz CT molecular complexity index is 765. The highest BCUT2D eigenvalue weighted by Crippen LogP contribution is 2.05. The predicted molar refractivity (Wildman–Crippen MR) is 132 cm³/mol. The number of hydrogen-bond donors (Lipinski definition) is 9. The van der Waals surface area contributed by atoms with Crippen molar-refractivity contribution >= 4 is 35.6 Å². The van der Waals surface area contributed by atoms with Gasteiger partial charge in [-0.05, 0) is 31.6 Å². The Kier molecular flexibility index (Phi) is 15.2. The lowest BCUT2D eigenvalue weighted by Gasteiger charge is -2.22. The minimum absolute atomic E-state index is 0.0656. The van der Waals surface area contributed by atoms with Crippen molar-refractivity contribution in [1.29, 1.82) is 0 Å². The smallest absolute Gasteiger partial charge is 0.326 e. The van der Waals surface area contributed by atoms with Crippen molar-refractivity contribution < 1.29 is 24.3 Å². The third-order valence-corrected chi connectivity index (χ3v) is 5.14. The highest BCUT2D eigenvalue weighted by atomic mass is 16.4. The maximum absolute atomic E-state index is 12.8. The summed E-state index contributed by atoms with van der Waals surface area (Å²) in [5.41, 5.74) is 26.9. The molecule has 0 aliphatic rings. The Hall–Kier alpha value is -3.62. The van der Waals surface area contributed by atoms with Crippen molar-refractivity contribution in [2.75, 3.05) is 19.6 Å². The number of carboxylic acids is 1. The fraction of sp³-hybridized carbons (Fsp3) is 0.700. The number of aliphatic imine (C=N–C) groups is 2. The Balaban J connectivity index is 5.13. The maximum atomic E-state index is 12.8. The third kappa shape index (κ3) is 14.3. The van der Waals surface area contributed by atoms with E-state index in [1.54, 1.807) is 0 Å². The van der Waals surface area contributed by atoms with Gasteiger partial charge < -0.3 is 49.7 Å². The average molecular weight is 501 g/mol. The summed E-state index contributed by atoms with van der Waals surface area (Å²) in [5, 5.41) is 16.8. The van der Waals surface area contributed by atoms with Crippen molar-refractivity contribution in [2.45, 2.75) is 64.1 Å². The van der Waals surface area contributed by atoms with Crippen molar-refractivity contribution in [1.82, 2.24) is 16.0 Å². The number of nitrogens with two attached hydrogens (primary N) is 5. The van der Waals surface area contributed by atoms with Crippen LogP contribution in [0.2, 0.25) is 0 Å². The van der Waals surface area contributed by atoms with Gasteiger partial charge in [0.2, 0.25) is 17.7 Å². The monoisotopic (exact) mass is 500 g/mol. The Morgan fingerprint density at radius 2 is 1.37 bits per heavy atom. The van der Waals surface area contributed by atoms with E-state index in [2.05, 4.69) is 25.9 Å². The van der Waals surface area contributed by atoms with Crippen LogP contribution >= 0.6 is 0 Å². The van der Waals surface area contributed by atoms with Gasteiger partial charge >= 0.3 is 5.97 Å². The molecular weight excluding hydrogens is 460 g/mol. The standard InChI is InChI=1S/C20H40N10O5/c1-3-11(2)15(21)17(33)28-10-14(31)29-12(6-4-8-26-19(22)23)16(32)30-13(18(34)35)7-5-9-27-20(24)25/h11-13,15H,3-10,21H2,1-2H3,(H,28,33)(H,29,31)(H,30,32)(H,34,35)(H4,22,23,26)(H4,24,25,27). The van der Waals surface area contributed by atoms with Crippen LogP contribution in [0.4, 0.5) is 0 Å². The number of carbonyl (C=O) groups excluding carboxylic acids is 3. The molecule has 15 nitrogen and oxygen atoms in total. The first-order chi connectivity index (χ1) is 16.4. The summed E-state index contributed by atoms with van der Waals surface area (Å²) in [6.45, 7) is 3.70. The van der Waals surface area contributed by atoms with Crippen LogP contribution in [0.5, 0.6) is 0 Å². The first-order valence-corrected chi connectivity index (χ1v) is 11.4. The SMILES string of the molecule is CCC(C)C(N)C(=O)NCC(=O)NC(CCCN=C(N)N)C(=O)NC(CCCN=C(N)N)C(=O)O. The van der Waals surface area contributed by atoms with E-state index in [1.807, 2.05) is 13.8 Å². The summed E-state index contributed by atoms with van der Waals surface area (Å²) in [7, 11) is 0. The van der Waals surface area contributed by atoms with Gasteiger partial charge in [0.25, 0.3) is 0 Å². The van der Waals surface area contributed by atoms with Crippen molar-refractivity contribution in [2.24, 2.45) is 44.6 Å². The Morgan fingerprint density at radius 1 is 0.857 bits per heavy atom. The largest absolute Gasteiger partial charge is 0.480 e. The summed E-state index contributed by atoms with van der Waals surface area (Å²) < 4.78 is 0. The van der Waals surface area contributed by atoms with E-state index in [9.17, 15) is 24.3 Å². The highest BCUT2D eigenvalue weighted by Gasteiger charge is 2.27. The zero-order chi connectivity index (χ0) is 27.0. The zero-order valence-corrected chi connectivity index (χ0v) is 20.3. The van der Waals surface area contributed by atoms with Crippen LogP contribution in [-0.2, 0) is 19.2 Å². The lowest BCUT2D eigenvalue weighted by atomic mass is 9.99. The molecule has 35 heavy (non-hydrogen) atoms. The molecule has 0 aliphatic carbocycles. The first-order valence-electron chi connectivity index (χ1n) is 11.4. The number of aliphatic carboxylic acids is 1. The zero-order valence-electron chi connectivity index (χ0n) is 20.3. The van der Waals surface area contributed by atoms with Crippen LogP contribution in [0.25, 0.3) is 0 Å². The molecule has 15 heteroatoms. The minimum Gasteiger partial charge on any atom is -0.480 e. The fourth-order valence-electron chi connectivity index (χ4n) is 2.85. The third-order valence-electron chi connectivity index (χ3n) is 5.14. The van der Waals surface area contributed by atoms with Gasteiger partial charge in [0, 0.05) is 13.1 Å². The van der Waals surface area contributed by atoms with Crippen LogP contribution in [0.3, 0.4) is 0 Å². The number of amides is 3. The van der Waals surface area contributed by atoms with E-state index in [4.69, 9.17) is 28.7 Å². The number of nitrogens with zero attached hydrogens (tertiary/aromatic N) is 2. The molecule has 4 atom stereocenters. The quantitative estimate of drug-likeness (QED) is 0.0543. The summed E-state index contributed by atoms with van der Waals surface area (Å²) >= 11 is 0. The maximum Gasteiger partial charge on any atom is 0.326 e. The van der Waals surface area contributed by atoms with E-state index >= 15 is 0 Å². The normalized spacial score (nSPS) is 13.9. The Labute approximate surface area is 204 Å². The number of nitrogens with one attached hydrogen (secondary N) is 3. The number of hydrogen-bond acceptors (Lipinski definition) is 7. The first kappa shape index (κ1) is 31.4. The van der Waals surface area contributed by atoms with E-state index in [-0.39, 0.29) is 43.8 Å². The molecule has 0 aromatic carbocycles. The van der Waals surface area contributed by atoms with E-state index in [0.29, 0.717) is 19.3 Å². The Morgan fingerprint density at radius 3 is 1.83 bits per heavy atom. The van der Waals surface area contributed by atoms with Gasteiger partial charge in [-0.3, -0.25) is 24.4 Å². The number of carbonyl (C=O) groups is 4. The van der Waals surface area contributed by atoms with Gasteiger partial charge in [-0.1, -0.05) is 20.3 Å². The van der Waals surface area contributed by atoms with E-state index in [0.717, 1.165) is 0 Å². The van der Waals surface area contributed by atoms with Crippen molar-refractivity contribution in [3.05, 3.63) is 0 Å². The average Bonchev–Trinajstić information content (AvgIpc) is 2.79. The van der Waals surface area contributed by atoms with Crippen LogP contribution in [0, 0.1) is 5.92 Å². The molecule has 0 heterocycles. The minimum atomic E-state index is -1.25. The summed E-state index contributed by atoms with van der Waals surface area (Å²) in [5.74, 6) is -3.41. The molecule has 14 N–H and O–H groups in total. The number of carboxylic acid groups (broad SMARTS) is 1. The number of rotatable bonds is 17. The lowest BCUT2D eigenvalue weighted by Crippen LogP contribution is -2.54. The molecule has 0 aromatic heterocycles. The van der Waals surface area contributed by atoms with Gasteiger partial charge in [0.15, 0.2) is 11.9 Å². The molecule has 4 unspecified atom stereocenters. The fourth-order valence-corrected chi connectivity index (χ4v) is 2.85. The molecular formula is C20H40N10O5. The molecule has 3 amide bonds. The van der Waals surface area contributed by atoms with Gasteiger partial charge in [-0.25, -0.2) is 4.79 Å². The van der Waals surface area contributed by atoms with Crippen molar-refractivity contribution in [3.8, 4) is 0 Å². The molecule has 0 radical (unpaired) electrons. The predicted octanol–water partition coefficient (Wildman–Crippen LogP) is -3.36. The van der Waals surface area contributed by atoms with Gasteiger partial charge in [0.1, 0.15) is 12.1 Å². The lowest BCUT2D eigenvalue weighted by molar-refractivity contribution is -0.142. The van der Waals surface area contributed by atoms with Crippen molar-refractivity contribution in [3.63, 3.8) is 0 Å². The topological polar surface area (TPSA) is 279 Å². The van der Waals surface area contributed by atoms with Gasteiger partial charge in [0.05, 0.1) is 12.6 Å². The van der Waals surface area contributed by atoms with Crippen LogP contribution < -0.4 is 44.6 Å². The molecule has 0 aromatic rings. The van der Waals surface area contributed by atoms with E-state index < -0.39 is 48.4 Å². The van der Waals surface area contributed by atoms with Crippen LogP contribution in [-0.4, -0.2) is 78.5 Å². The second kappa shape index (κ2) is 16.9.